The number of amides is 2. The number of carbonyl (C=O) groups excluding carboxylic acids is 1. The molecule has 19 heavy (non-hydrogen) atoms. The molecule has 0 saturated carbocycles. The molecule has 1 heterocycles. The number of urea groups is 1. The zero-order chi connectivity index (χ0) is 13.7. The highest BCUT2D eigenvalue weighted by molar-refractivity contribution is 7.03. The molecule has 100 valence electrons. The summed E-state index contributed by atoms with van der Waals surface area (Å²) >= 11 is 1.32. The van der Waals surface area contributed by atoms with Crippen LogP contribution in [0.4, 0.5) is 10.5 Å². The van der Waals surface area contributed by atoms with Gasteiger partial charge in [-0.25, -0.2) is 4.79 Å². The molecule has 0 spiro atoms. The normalized spacial score (nSPS) is 10.5. The Morgan fingerprint density at radius 1 is 1.32 bits per heavy atom. The lowest BCUT2D eigenvalue weighted by Gasteiger charge is -2.09. The second-order valence-corrected chi connectivity index (χ2v) is 5.21. The zero-order valence-electron chi connectivity index (χ0n) is 10.9. The van der Waals surface area contributed by atoms with Crippen molar-refractivity contribution in [2.75, 3.05) is 11.9 Å². The number of hydrogen-bond donors (Lipinski definition) is 2. The van der Waals surface area contributed by atoms with Gasteiger partial charge in [0.15, 0.2) is 0 Å². The molecule has 0 saturated heterocycles. The van der Waals surface area contributed by atoms with Gasteiger partial charge >= 0.3 is 6.03 Å². The SMILES string of the molecule is CC(C)CNC(=O)Nc1ccc(-c2csnn2)cc1. The van der Waals surface area contributed by atoms with Gasteiger partial charge in [0.25, 0.3) is 0 Å². The third-order valence-corrected chi connectivity index (χ3v) is 2.97. The van der Waals surface area contributed by atoms with Crippen molar-refractivity contribution < 1.29 is 4.79 Å². The highest BCUT2D eigenvalue weighted by Crippen LogP contribution is 2.19. The van der Waals surface area contributed by atoms with Crippen LogP contribution in [0.15, 0.2) is 29.6 Å². The number of nitrogens with zero attached hydrogens (tertiary/aromatic N) is 2. The average Bonchev–Trinajstić information content (AvgIpc) is 2.91. The van der Waals surface area contributed by atoms with E-state index in [1.807, 2.05) is 29.6 Å². The van der Waals surface area contributed by atoms with Crippen LogP contribution in [0.3, 0.4) is 0 Å². The Hall–Kier alpha value is -1.95. The van der Waals surface area contributed by atoms with E-state index in [2.05, 4.69) is 34.1 Å². The summed E-state index contributed by atoms with van der Waals surface area (Å²) in [6.07, 6.45) is 0. The summed E-state index contributed by atoms with van der Waals surface area (Å²) in [5, 5.41) is 11.5. The molecular weight excluding hydrogens is 260 g/mol. The van der Waals surface area contributed by atoms with Gasteiger partial charge in [0.2, 0.25) is 0 Å². The molecule has 0 fully saturated rings. The predicted octanol–water partition coefficient (Wildman–Crippen LogP) is 2.98. The number of rotatable bonds is 4. The van der Waals surface area contributed by atoms with Crippen LogP contribution < -0.4 is 10.6 Å². The lowest BCUT2D eigenvalue weighted by Crippen LogP contribution is -2.31. The molecule has 0 aliphatic carbocycles. The minimum absolute atomic E-state index is 0.184. The molecule has 1 aromatic carbocycles. The molecule has 0 unspecified atom stereocenters. The van der Waals surface area contributed by atoms with Crippen molar-refractivity contribution in [2.24, 2.45) is 5.92 Å². The van der Waals surface area contributed by atoms with E-state index in [4.69, 9.17) is 0 Å². The quantitative estimate of drug-likeness (QED) is 0.902. The van der Waals surface area contributed by atoms with E-state index in [1.165, 1.54) is 11.5 Å². The molecule has 2 amide bonds. The van der Waals surface area contributed by atoms with Gasteiger partial charge in [0.1, 0.15) is 5.69 Å². The maximum absolute atomic E-state index is 11.6. The molecule has 2 rings (SSSR count). The summed E-state index contributed by atoms with van der Waals surface area (Å²) in [5.74, 6) is 0.435. The molecule has 0 aliphatic heterocycles. The molecule has 1 aromatic heterocycles. The van der Waals surface area contributed by atoms with Crippen LogP contribution in [0.5, 0.6) is 0 Å². The monoisotopic (exact) mass is 276 g/mol. The first-order valence-electron chi connectivity index (χ1n) is 6.07. The standard InChI is InChI=1S/C13H16N4OS/c1-9(2)7-14-13(18)15-11-5-3-10(4-6-11)12-8-19-17-16-12/h3-6,8-9H,7H2,1-2H3,(H2,14,15,18). The van der Waals surface area contributed by atoms with Crippen molar-refractivity contribution in [3.05, 3.63) is 29.6 Å². The van der Waals surface area contributed by atoms with E-state index in [9.17, 15) is 4.79 Å². The van der Waals surface area contributed by atoms with Crippen molar-refractivity contribution in [3.63, 3.8) is 0 Å². The van der Waals surface area contributed by atoms with E-state index in [0.29, 0.717) is 12.5 Å². The van der Waals surface area contributed by atoms with E-state index in [-0.39, 0.29) is 6.03 Å². The minimum Gasteiger partial charge on any atom is -0.338 e. The predicted molar refractivity (Wildman–Crippen MR) is 77.2 cm³/mol. The fraction of sp³-hybridized carbons (Fsp3) is 0.308. The second kappa shape index (κ2) is 6.29. The fourth-order valence-corrected chi connectivity index (χ4v) is 1.95. The Labute approximate surface area is 116 Å². The Morgan fingerprint density at radius 3 is 2.63 bits per heavy atom. The topological polar surface area (TPSA) is 66.9 Å². The van der Waals surface area contributed by atoms with Crippen molar-refractivity contribution in [2.45, 2.75) is 13.8 Å². The largest absolute Gasteiger partial charge is 0.338 e. The maximum Gasteiger partial charge on any atom is 0.319 e. The first-order valence-corrected chi connectivity index (χ1v) is 6.91. The van der Waals surface area contributed by atoms with E-state index < -0.39 is 0 Å². The molecule has 2 N–H and O–H groups in total. The lowest BCUT2D eigenvalue weighted by molar-refractivity contribution is 0.251. The first-order chi connectivity index (χ1) is 9.15. The number of nitrogens with one attached hydrogen (secondary N) is 2. The van der Waals surface area contributed by atoms with Crippen LogP contribution >= 0.6 is 11.5 Å². The van der Waals surface area contributed by atoms with E-state index in [1.54, 1.807) is 0 Å². The van der Waals surface area contributed by atoms with Gasteiger partial charge in [0, 0.05) is 23.2 Å². The zero-order valence-corrected chi connectivity index (χ0v) is 11.7. The van der Waals surface area contributed by atoms with Crippen molar-refractivity contribution in [3.8, 4) is 11.3 Å². The van der Waals surface area contributed by atoms with E-state index in [0.717, 1.165) is 16.9 Å². The number of anilines is 1. The van der Waals surface area contributed by atoms with Crippen LogP contribution in [0.25, 0.3) is 11.3 Å². The summed E-state index contributed by atoms with van der Waals surface area (Å²) in [4.78, 5) is 11.6. The fourth-order valence-electron chi connectivity index (χ4n) is 1.49. The van der Waals surface area contributed by atoms with Crippen LogP contribution in [0.1, 0.15) is 13.8 Å². The lowest BCUT2D eigenvalue weighted by atomic mass is 10.1. The average molecular weight is 276 g/mol. The van der Waals surface area contributed by atoms with Crippen LogP contribution in [0.2, 0.25) is 0 Å². The maximum atomic E-state index is 11.6. The molecule has 6 heteroatoms. The summed E-state index contributed by atoms with van der Waals surface area (Å²) in [6.45, 7) is 4.77. The highest BCUT2D eigenvalue weighted by Gasteiger charge is 2.04. The molecule has 5 nitrogen and oxygen atoms in total. The Balaban J connectivity index is 1.94. The smallest absolute Gasteiger partial charge is 0.319 e. The molecule has 2 aromatic rings. The van der Waals surface area contributed by atoms with Crippen LogP contribution in [0, 0.1) is 5.92 Å². The number of benzene rings is 1. The van der Waals surface area contributed by atoms with Crippen molar-refractivity contribution in [1.29, 1.82) is 0 Å². The minimum atomic E-state index is -0.184. The van der Waals surface area contributed by atoms with Gasteiger partial charge in [0.05, 0.1) is 0 Å². The Bertz CT molecular complexity index is 522. The van der Waals surface area contributed by atoms with Crippen LogP contribution in [-0.2, 0) is 0 Å². The molecular formula is C13H16N4OS. The molecule has 0 atom stereocenters. The van der Waals surface area contributed by atoms with Gasteiger partial charge in [-0.15, -0.1) is 5.10 Å². The van der Waals surface area contributed by atoms with Crippen molar-refractivity contribution in [1.82, 2.24) is 14.9 Å². The number of aromatic nitrogens is 2. The molecule has 0 bridgehead atoms. The van der Waals surface area contributed by atoms with Gasteiger partial charge in [-0.05, 0) is 29.6 Å². The van der Waals surface area contributed by atoms with Gasteiger partial charge in [-0.1, -0.05) is 30.5 Å². The van der Waals surface area contributed by atoms with Gasteiger partial charge in [-0.3, -0.25) is 0 Å². The summed E-state index contributed by atoms with van der Waals surface area (Å²) in [7, 11) is 0. The van der Waals surface area contributed by atoms with Gasteiger partial charge in [-0.2, -0.15) is 0 Å². The van der Waals surface area contributed by atoms with Crippen molar-refractivity contribution >= 4 is 23.3 Å². The summed E-state index contributed by atoms with van der Waals surface area (Å²) < 4.78 is 3.82. The second-order valence-electron chi connectivity index (χ2n) is 4.60. The van der Waals surface area contributed by atoms with Gasteiger partial charge < -0.3 is 10.6 Å². The first kappa shape index (κ1) is 13.5. The number of carbonyl (C=O) groups is 1. The highest BCUT2D eigenvalue weighted by atomic mass is 32.1. The van der Waals surface area contributed by atoms with Crippen LogP contribution in [-0.4, -0.2) is 22.2 Å². The summed E-state index contributed by atoms with van der Waals surface area (Å²) in [6, 6.07) is 7.34. The third-order valence-electron chi connectivity index (χ3n) is 2.47. The molecule has 0 radical (unpaired) electrons. The van der Waals surface area contributed by atoms with E-state index >= 15 is 0 Å². The Kier molecular flexibility index (Phi) is 4.46. The summed E-state index contributed by atoms with van der Waals surface area (Å²) in [5.41, 5.74) is 2.59. The Morgan fingerprint density at radius 2 is 2.05 bits per heavy atom. The molecule has 0 aliphatic rings. The number of hydrogen-bond acceptors (Lipinski definition) is 4. The third kappa shape index (κ3) is 4.03.